The van der Waals surface area contributed by atoms with Gasteiger partial charge in [-0.1, -0.05) is 109 Å². The number of aromatic nitrogens is 2. The normalized spacial score (nSPS) is 17.6. The third kappa shape index (κ3) is 10.0. The van der Waals surface area contributed by atoms with Crippen molar-refractivity contribution in [3.05, 3.63) is 149 Å². The molecule has 4 aromatic carbocycles. The largest absolute Gasteiger partial charge is 0.467 e. The summed E-state index contributed by atoms with van der Waals surface area (Å²) in [6, 6.07) is 33.9. The number of rotatable bonds is 13. The SMILES string of the molecule is COC(=O)C(Cc1ccccc1)NC(=O)NCc1cccc(-c2ccc(C3OC(CSc4ncccn4)CC(c4ccc(CO)cc4)O3)cc2)c1. The number of thioether (sulfide) groups is 1. The van der Waals surface area contributed by atoms with E-state index in [0.29, 0.717) is 23.8 Å². The van der Waals surface area contributed by atoms with Crippen LogP contribution >= 0.6 is 11.8 Å². The van der Waals surface area contributed by atoms with Crippen molar-refractivity contribution >= 4 is 23.8 Å². The Morgan fingerprint density at radius 2 is 1.57 bits per heavy atom. The average molecular weight is 705 g/mol. The molecule has 1 aliphatic rings. The molecule has 11 heteroatoms. The molecule has 262 valence electrons. The third-order valence-corrected chi connectivity index (χ3v) is 9.53. The predicted molar refractivity (Wildman–Crippen MR) is 194 cm³/mol. The fraction of sp³-hybridized carbons (Fsp3) is 0.250. The van der Waals surface area contributed by atoms with Crippen molar-refractivity contribution in [3.63, 3.8) is 0 Å². The maximum atomic E-state index is 12.8. The lowest BCUT2D eigenvalue weighted by Gasteiger charge is -2.36. The van der Waals surface area contributed by atoms with Crippen LogP contribution in [0.4, 0.5) is 4.79 Å². The van der Waals surface area contributed by atoms with E-state index in [2.05, 4.69) is 20.6 Å². The standard InChI is InChI=1S/C40H40N4O6S/c1-48-37(46)35(22-27-7-3-2-4-8-27)44-39(47)43-24-29-9-5-10-33(21-29)30-15-17-32(18-16-30)38-49-34(26-51-40-41-19-6-20-42-40)23-36(50-38)31-13-11-28(25-45)12-14-31/h2-21,34-36,38,45H,22-26H2,1H3,(H2,43,44,47). The number of esters is 1. The number of benzene rings is 4. The number of methoxy groups -OCH3 is 1. The van der Waals surface area contributed by atoms with E-state index in [-0.39, 0.29) is 25.4 Å². The molecule has 2 heterocycles. The Morgan fingerprint density at radius 3 is 2.29 bits per heavy atom. The first-order valence-electron chi connectivity index (χ1n) is 16.7. The fourth-order valence-corrected chi connectivity index (χ4v) is 6.64. The minimum Gasteiger partial charge on any atom is -0.467 e. The zero-order chi connectivity index (χ0) is 35.4. The van der Waals surface area contributed by atoms with Gasteiger partial charge in [-0.05, 0) is 45.5 Å². The first kappa shape index (κ1) is 35.7. The Bertz CT molecular complexity index is 1860. The maximum absolute atomic E-state index is 12.8. The van der Waals surface area contributed by atoms with Crippen molar-refractivity contribution in [3.8, 4) is 11.1 Å². The average Bonchev–Trinajstić information content (AvgIpc) is 3.19. The van der Waals surface area contributed by atoms with Gasteiger partial charge in [-0.3, -0.25) is 0 Å². The molecule has 1 aliphatic heterocycles. The van der Waals surface area contributed by atoms with E-state index >= 15 is 0 Å². The van der Waals surface area contributed by atoms with Gasteiger partial charge in [0.15, 0.2) is 11.4 Å². The van der Waals surface area contributed by atoms with Crippen LogP contribution in [0.2, 0.25) is 0 Å². The molecule has 6 rings (SSSR count). The smallest absolute Gasteiger partial charge is 0.328 e. The Morgan fingerprint density at radius 1 is 0.843 bits per heavy atom. The molecule has 5 aromatic rings. The second-order valence-corrected chi connectivity index (χ2v) is 13.1. The van der Waals surface area contributed by atoms with Gasteiger partial charge in [-0.2, -0.15) is 0 Å². The van der Waals surface area contributed by atoms with Gasteiger partial charge in [0.05, 0.1) is 25.9 Å². The van der Waals surface area contributed by atoms with Gasteiger partial charge >= 0.3 is 12.0 Å². The minimum atomic E-state index is -0.812. The number of aliphatic hydroxyl groups is 1. The number of aliphatic hydroxyl groups excluding tert-OH is 1. The van der Waals surface area contributed by atoms with Gasteiger partial charge in [0, 0.05) is 43.1 Å². The molecule has 3 N–H and O–H groups in total. The Hall–Kier alpha value is -5.07. The summed E-state index contributed by atoms with van der Waals surface area (Å²) in [5.41, 5.74) is 6.58. The second-order valence-electron chi connectivity index (χ2n) is 12.1. The Labute approximate surface area is 301 Å². The molecule has 0 saturated carbocycles. The van der Waals surface area contributed by atoms with Crippen LogP contribution in [0.1, 0.15) is 46.6 Å². The Kier molecular flexibility index (Phi) is 12.4. The van der Waals surface area contributed by atoms with Gasteiger partial charge in [0.25, 0.3) is 0 Å². The van der Waals surface area contributed by atoms with Crippen molar-refractivity contribution in [2.75, 3.05) is 12.9 Å². The zero-order valence-corrected chi connectivity index (χ0v) is 29.0. The highest BCUT2D eigenvalue weighted by molar-refractivity contribution is 7.99. The van der Waals surface area contributed by atoms with E-state index in [1.54, 1.807) is 30.2 Å². The van der Waals surface area contributed by atoms with Gasteiger partial charge < -0.3 is 30.0 Å². The van der Waals surface area contributed by atoms with Gasteiger partial charge in [0.1, 0.15) is 6.04 Å². The van der Waals surface area contributed by atoms with Crippen LogP contribution in [0, 0.1) is 0 Å². The lowest BCUT2D eigenvalue weighted by atomic mass is 9.99. The summed E-state index contributed by atoms with van der Waals surface area (Å²) in [6.07, 6.45) is 3.57. The van der Waals surface area contributed by atoms with Crippen LogP contribution in [0.3, 0.4) is 0 Å². The number of carbonyl (C=O) groups is 2. The van der Waals surface area contributed by atoms with Crippen molar-refractivity contribution in [1.29, 1.82) is 0 Å². The highest BCUT2D eigenvalue weighted by atomic mass is 32.2. The summed E-state index contributed by atoms with van der Waals surface area (Å²) in [6.45, 7) is 0.260. The summed E-state index contributed by atoms with van der Waals surface area (Å²) in [7, 11) is 1.31. The summed E-state index contributed by atoms with van der Waals surface area (Å²) in [5, 5.41) is 15.8. The summed E-state index contributed by atoms with van der Waals surface area (Å²) in [5.74, 6) is 0.162. The molecule has 4 atom stereocenters. The molecule has 51 heavy (non-hydrogen) atoms. The molecule has 0 bridgehead atoms. The Balaban J connectivity index is 1.10. The second kappa shape index (κ2) is 17.7. The molecule has 0 spiro atoms. The third-order valence-electron chi connectivity index (χ3n) is 8.53. The van der Waals surface area contributed by atoms with E-state index in [1.165, 1.54) is 7.11 Å². The number of nitrogens with one attached hydrogen (secondary N) is 2. The van der Waals surface area contributed by atoms with Crippen molar-refractivity contribution in [2.24, 2.45) is 0 Å². The van der Waals surface area contributed by atoms with E-state index in [9.17, 15) is 14.7 Å². The zero-order valence-electron chi connectivity index (χ0n) is 28.2. The summed E-state index contributed by atoms with van der Waals surface area (Å²) < 4.78 is 17.9. The summed E-state index contributed by atoms with van der Waals surface area (Å²) >= 11 is 1.55. The molecular formula is C40H40N4O6S. The number of hydrogen-bond acceptors (Lipinski definition) is 9. The quantitative estimate of drug-likeness (QED) is 0.0709. The highest BCUT2D eigenvalue weighted by Gasteiger charge is 2.32. The van der Waals surface area contributed by atoms with Crippen molar-refractivity contribution in [1.82, 2.24) is 20.6 Å². The molecule has 4 unspecified atom stereocenters. The van der Waals surface area contributed by atoms with Gasteiger partial charge in [-0.25, -0.2) is 19.6 Å². The van der Waals surface area contributed by atoms with Gasteiger partial charge in [-0.15, -0.1) is 0 Å². The molecule has 0 radical (unpaired) electrons. The number of ether oxygens (including phenoxy) is 3. The van der Waals surface area contributed by atoms with Gasteiger partial charge in [0.2, 0.25) is 0 Å². The van der Waals surface area contributed by atoms with Crippen LogP contribution in [0.25, 0.3) is 11.1 Å². The molecule has 1 saturated heterocycles. The predicted octanol–water partition coefficient (Wildman–Crippen LogP) is 6.56. The molecular weight excluding hydrogens is 665 g/mol. The number of hydrogen-bond donors (Lipinski definition) is 3. The summed E-state index contributed by atoms with van der Waals surface area (Å²) in [4.78, 5) is 33.8. The van der Waals surface area contributed by atoms with Crippen LogP contribution in [0.15, 0.2) is 127 Å². The number of nitrogens with zero attached hydrogens (tertiary/aromatic N) is 2. The van der Waals surface area contributed by atoms with Crippen molar-refractivity contribution in [2.45, 2.75) is 55.7 Å². The molecule has 10 nitrogen and oxygen atoms in total. The highest BCUT2D eigenvalue weighted by Crippen LogP contribution is 2.39. The van der Waals surface area contributed by atoms with E-state index in [1.807, 2.05) is 103 Å². The minimum absolute atomic E-state index is 0.0123. The monoisotopic (exact) mass is 704 g/mol. The molecule has 2 amide bonds. The molecule has 1 aromatic heterocycles. The van der Waals surface area contributed by atoms with Crippen LogP contribution in [0.5, 0.6) is 0 Å². The topological polar surface area (TPSA) is 132 Å². The fourth-order valence-electron chi connectivity index (χ4n) is 5.82. The number of urea groups is 1. The molecule has 1 fully saturated rings. The van der Waals surface area contributed by atoms with E-state index < -0.39 is 24.3 Å². The first-order valence-corrected chi connectivity index (χ1v) is 17.7. The molecule has 0 aliphatic carbocycles. The van der Waals surface area contributed by atoms with Crippen LogP contribution in [-0.2, 0) is 38.6 Å². The lowest BCUT2D eigenvalue weighted by molar-refractivity contribution is -0.245. The lowest BCUT2D eigenvalue weighted by Crippen LogP contribution is -2.47. The van der Waals surface area contributed by atoms with Crippen molar-refractivity contribution < 1.29 is 28.9 Å². The van der Waals surface area contributed by atoms with E-state index in [0.717, 1.165) is 38.9 Å². The maximum Gasteiger partial charge on any atom is 0.328 e. The van der Waals surface area contributed by atoms with Crippen LogP contribution < -0.4 is 10.6 Å². The first-order chi connectivity index (χ1) is 25.0. The van der Waals surface area contributed by atoms with Crippen LogP contribution in [-0.4, -0.2) is 52.1 Å². The number of carbonyl (C=O) groups excluding carboxylic acids is 2. The number of amides is 2. The van der Waals surface area contributed by atoms with E-state index in [4.69, 9.17) is 14.2 Å².